The van der Waals surface area contributed by atoms with Crippen molar-refractivity contribution in [2.45, 2.75) is 65.3 Å². The van der Waals surface area contributed by atoms with E-state index in [2.05, 4.69) is 50.0 Å². The highest BCUT2D eigenvalue weighted by molar-refractivity contribution is 5.07. The zero-order valence-corrected chi connectivity index (χ0v) is 13.9. The number of hydrogen-bond donors (Lipinski definition) is 1. The van der Waals surface area contributed by atoms with Crippen LogP contribution in [0.5, 0.6) is 0 Å². The Hall–Kier alpha value is -0.840. The second kappa shape index (κ2) is 7.43. The molecule has 0 bridgehead atoms. The van der Waals surface area contributed by atoms with Crippen LogP contribution in [0.2, 0.25) is 0 Å². The molecule has 0 amide bonds. The van der Waals surface area contributed by atoms with Gasteiger partial charge in [-0.05, 0) is 59.2 Å². The maximum Gasteiger partial charge on any atom is 0.118 e. The second-order valence-corrected chi connectivity index (χ2v) is 6.93. The second-order valence-electron chi connectivity index (χ2n) is 6.93. The zero-order chi connectivity index (χ0) is 15.3. The lowest BCUT2D eigenvalue weighted by Crippen LogP contribution is -2.39. The fourth-order valence-electron chi connectivity index (χ4n) is 2.70. The molecule has 1 fully saturated rings. The van der Waals surface area contributed by atoms with Gasteiger partial charge in [-0.1, -0.05) is 0 Å². The Morgan fingerprint density at radius 1 is 1.33 bits per heavy atom. The van der Waals surface area contributed by atoms with Crippen LogP contribution >= 0.6 is 0 Å². The van der Waals surface area contributed by atoms with Gasteiger partial charge in [0.1, 0.15) is 11.5 Å². The third kappa shape index (κ3) is 5.81. The summed E-state index contributed by atoms with van der Waals surface area (Å²) in [6.45, 7) is 13.2. The average Bonchev–Trinajstić information content (AvgIpc) is 2.84. The molecule has 1 unspecified atom stereocenters. The molecule has 1 aliphatic rings. The van der Waals surface area contributed by atoms with Crippen LogP contribution < -0.4 is 5.32 Å². The summed E-state index contributed by atoms with van der Waals surface area (Å²) in [4.78, 5) is 2.43. The van der Waals surface area contributed by atoms with E-state index in [0.29, 0.717) is 6.10 Å². The van der Waals surface area contributed by atoms with Crippen LogP contribution in [0.1, 0.15) is 52.1 Å². The summed E-state index contributed by atoms with van der Waals surface area (Å²) >= 11 is 0. The van der Waals surface area contributed by atoms with E-state index in [1.165, 1.54) is 12.8 Å². The first kappa shape index (κ1) is 16.5. The Kier molecular flexibility index (Phi) is 5.85. The fourth-order valence-corrected chi connectivity index (χ4v) is 2.70. The zero-order valence-electron chi connectivity index (χ0n) is 13.9. The Balaban J connectivity index is 1.81. The average molecular weight is 294 g/mol. The van der Waals surface area contributed by atoms with Crippen molar-refractivity contribution >= 4 is 0 Å². The summed E-state index contributed by atoms with van der Waals surface area (Å²) in [5.74, 6) is 2.07. The minimum Gasteiger partial charge on any atom is -0.463 e. The smallest absolute Gasteiger partial charge is 0.118 e. The van der Waals surface area contributed by atoms with Crippen molar-refractivity contribution in [3.05, 3.63) is 23.7 Å². The minimum absolute atomic E-state index is 0.116. The molecule has 0 saturated carbocycles. The molecule has 0 aromatic carbocycles. The Bertz CT molecular complexity index is 421. The van der Waals surface area contributed by atoms with E-state index < -0.39 is 0 Å². The summed E-state index contributed by atoms with van der Waals surface area (Å²) in [5, 5.41) is 3.45. The van der Waals surface area contributed by atoms with Gasteiger partial charge >= 0.3 is 0 Å². The van der Waals surface area contributed by atoms with Crippen LogP contribution in [0.25, 0.3) is 0 Å². The lowest BCUT2D eigenvalue weighted by Gasteiger charge is -2.31. The molecule has 1 aromatic heterocycles. The lowest BCUT2D eigenvalue weighted by molar-refractivity contribution is 0.00192. The molecule has 4 heteroatoms. The van der Waals surface area contributed by atoms with Gasteiger partial charge in [0.25, 0.3) is 0 Å². The molecule has 2 heterocycles. The normalized spacial score (nSPS) is 20.9. The van der Waals surface area contributed by atoms with Crippen molar-refractivity contribution in [1.29, 1.82) is 0 Å². The Morgan fingerprint density at radius 2 is 2.10 bits per heavy atom. The summed E-state index contributed by atoms with van der Waals surface area (Å²) in [6.07, 6.45) is 2.79. The minimum atomic E-state index is 0.116. The van der Waals surface area contributed by atoms with Crippen LogP contribution in [0.4, 0.5) is 0 Å². The molecule has 0 radical (unpaired) electrons. The van der Waals surface area contributed by atoms with Crippen molar-refractivity contribution in [2.24, 2.45) is 0 Å². The Morgan fingerprint density at radius 3 is 2.81 bits per heavy atom. The summed E-state index contributed by atoms with van der Waals surface area (Å²) < 4.78 is 11.7. The van der Waals surface area contributed by atoms with Crippen molar-refractivity contribution in [1.82, 2.24) is 10.2 Å². The van der Waals surface area contributed by atoms with Gasteiger partial charge in [-0.2, -0.15) is 0 Å². The topological polar surface area (TPSA) is 37.6 Å². The lowest BCUT2D eigenvalue weighted by atomic mass is 10.1. The van der Waals surface area contributed by atoms with E-state index >= 15 is 0 Å². The van der Waals surface area contributed by atoms with Crippen molar-refractivity contribution in [3.63, 3.8) is 0 Å². The highest BCUT2D eigenvalue weighted by Gasteiger charge is 2.21. The van der Waals surface area contributed by atoms with Gasteiger partial charge in [-0.3, -0.25) is 4.90 Å². The van der Waals surface area contributed by atoms with Gasteiger partial charge in [0, 0.05) is 18.7 Å². The molecule has 21 heavy (non-hydrogen) atoms. The summed E-state index contributed by atoms with van der Waals surface area (Å²) in [7, 11) is 0. The predicted molar refractivity (Wildman–Crippen MR) is 85.2 cm³/mol. The summed E-state index contributed by atoms with van der Waals surface area (Å²) in [6, 6.07) is 4.18. The first-order valence-corrected chi connectivity index (χ1v) is 8.13. The van der Waals surface area contributed by atoms with Crippen LogP contribution in [-0.4, -0.2) is 36.2 Å². The molecular formula is C17H30N2O2. The van der Waals surface area contributed by atoms with E-state index in [0.717, 1.165) is 44.3 Å². The number of likely N-dealkylation sites (tertiary alicyclic amines) is 1. The van der Waals surface area contributed by atoms with E-state index in [1.807, 2.05) is 0 Å². The van der Waals surface area contributed by atoms with Crippen LogP contribution in [0, 0.1) is 0 Å². The van der Waals surface area contributed by atoms with Gasteiger partial charge in [-0.15, -0.1) is 0 Å². The monoisotopic (exact) mass is 294 g/mol. The number of ether oxygens (including phenoxy) is 1. The molecule has 4 nitrogen and oxygen atoms in total. The van der Waals surface area contributed by atoms with Crippen LogP contribution in [0.15, 0.2) is 16.5 Å². The van der Waals surface area contributed by atoms with Crippen molar-refractivity contribution < 1.29 is 9.15 Å². The standard InChI is InChI=1S/C17H30N2O2/c1-5-20-15-7-6-10-19(12-15)13-16-9-8-14(21-16)11-18-17(2,3)4/h8-9,15,18H,5-7,10-13H2,1-4H3. The van der Waals surface area contributed by atoms with Crippen LogP contribution in [0.3, 0.4) is 0 Å². The molecule has 2 rings (SSSR count). The SMILES string of the molecule is CCOC1CCCN(Cc2ccc(CNC(C)(C)C)o2)C1. The molecule has 1 atom stereocenters. The molecular weight excluding hydrogens is 264 g/mol. The number of piperidine rings is 1. The number of hydrogen-bond acceptors (Lipinski definition) is 4. The van der Waals surface area contributed by atoms with Gasteiger partial charge in [0.05, 0.1) is 19.2 Å². The van der Waals surface area contributed by atoms with Crippen LogP contribution in [-0.2, 0) is 17.8 Å². The van der Waals surface area contributed by atoms with Gasteiger partial charge < -0.3 is 14.5 Å². The highest BCUT2D eigenvalue weighted by Crippen LogP contribution is 2.17. The number of nitrogens with zero attached hydrogens (tertiary/aromatic N) is 1. The summed E-state index contributed by atoms with van der Waals surface area (Å²) in [5.41, 5.74) is 0.116. The largest absolute Gasteiger partial charge is 0.463 e. The molecule has 1 N–H and O–H groups in total. The molecule has 1 saturated heterocycles. The quantitative estimate of drug-likeness (QED) is 0.874. The third-order valence-electron chi connectivity index (χ3n) is 3.75. The Labute approximate surface area is 128 Å². The fraction of sp³-hybridized carbons (Fsp3) is 0.765. The molecule has 1 aromatic rings. The maximum atomic E-state index is 5.93. The molecule has 1 aliphatic heterocycles. The maximum absolute atomic E-state index is 5.93. The first-order valence-electron chi connectivity index (χ1n) is 8.13. The highest BCUT2D eigenvalue weighted by atomic mass is 16.5. The van der Waals surface area contributed by atoms with Gasteiger partial charge in [0.2, 0.25) is 0 Å². The molecule has 0 spiro atoms. The number of rotatable bonds is 6. The first-order chi connectivity index (χ1) is 9.96. The van der Waals surface area contributed by atoms with E-state index in [1.54, 1.807) is 0 Å². The third-order valence-corrected chi connectivity index (χ3v) is 3.75. The van der Waals surface area contributed by atoms with Crippen molar-refractivity contribution in [3.8, 4) is 0 Å². The predicted octanol–water partition coefficient (Wildman–Crippen LogP) is 3.17. The van der Waals surface area contributed by atoms with Gasteiger partial charge in [0.15, 0.2) is 0 Å². The molecule has 120 valence electrons. The number of nitrogens with one attached hydrogen (secondary N) is 1. The van der Waals surface area contributed by atoms with E-state index in [-0.39, 0.29) is 5.54 Å². The van der Waals surface area contributed by atoms with E-state index in [9.17, 15) is 0 Å². The van der Waals surface area contributed by atoms with Crippen molar-refractivity contribution in [2.75, 3.05) is 19.7 Å². The van der Waals surface area contributed by atoms with E-state index in [4.69, 9.17) is 9.15 Å². The van der Waals surface area contributed by atoms with Gasteiger partial charge in [-0.25, -0.2) is 0 Å². The number of furan rings is 1. The molecule has 0 aliphatic carbocycles.